The van der Waals surface area contributed by atoms with Crippen LogP contribution in [0.4, 0.5) is 0 Å². The molecule has 2 aromatic heterocycles. The van der Waals surface area contributed by atoms with Gasteiger partial charge in [-0.25, -0.2) is 4.98 Å². The van der Waals surface area contributed by atoms with Gasteiger partial charge < -0.3 is 0 Å². The van der Waals surface area contributed by atoms with Gasteiger partial charge in [-0.1, -0.05) is 146 Å². The van der Waals surface area contributed by atoms with Gasteiger partial charge in [-0.05, 0) is 79.7 Å². The maximum Gasteiger partial charge on any atom is 0.124 e. The van der Waals surface area contributed by atoms with E-state index in [-0.39, 0.29) is 5.92 Å². The molecule has 0 radical (unpaired) electrons. The van der Waals surface area contributed by atoms with Gasteiger partial charge in [0.05, 0.1) is 10.2 Å². The second-order valence-electron chi connectivity index (χ2n) is 12.7. The number of rotatable bonds is 6. The van der Waals surface area contributed by atoms with Crippen LogP contribution < -0.4 is 10.4 Å². The van der Waals surface area contributed by atoms with Crippen LogP contribution in [0.3, 0.4) is 0 Å². The molecule has 0 saturated heterocycles. The van der Waals surface area contributed by atoms with Crippen LogP contribution in [0.1, 0.15) is 11.5 Å². The summed E-state index contributed by atoms with van der Waals surface area (Å²) in [5, 5.41) is 3.54. The highest BCUT2D eigenvalue weighted by Gasteiger charge is 2.16. The van der Waals surface area contributed by atoms with E-state index in [2.05, 4.69) is 175 Å². The van der Waals surface area contributed by atoms with Gasteiger partial charge in [0.15, 0.2) is 0 Å². The summed E-state index contributed by atoms with van der Waals surface area (Å²) in [7, 11) is 0. The quantitative estimate of drug-likeness (QED) is 0.178. The number of hydrogen-bond acceptors (Lipinski definition) is 3. The second-order valence-corrected chi connectivity index (χ2v) is 13.7. The van der Waals surface area contributed by atoms with Crippen LogP contribution >= 0.6 is 11.3 Å². The second kappa shape index (κ2) is 13.0. The van der Waals surface area contributed by atoms with E-state index in [0.29, 0.717) is 0 Å². The zero-order valence-corrected chi connectivity index (χ0v) is 28.1. The van der Waals surface area contributed by atoms with E-state index in [4.69, 9.17) is 4.98 Å². The molecule has 236 valence electrons. The van der Waals surface area contributed by atoms with E-state index in [0.717, 1.165) is 38.3 Å². The number of allylic oxidation sites excluding steroid dienone is 2. The number of aromatic nitrogens is 2. The summed E-state index contributed by atoms with van der Waals surface area (Å²) in [4.78, 5) is 9.70. The molecule has 0 N–H and O–H groups in total. The van der Waals surface area contributed by atoms with Crippen LogP contribution in [0.15, 0.2) is 176 Å². The summed E-state index contributed by atoms with van der Waals surface area (Å²) in [6.07, 6.45) is 12.7. The molecule has 9 rings (SSSR count). The maximum absolute atomic E-state index is 5.33. The van der Waals surface area contributed by atoms with Gasteiger partial charge in [0.2, 0.25) is 0 Å². The molecule has 3 heteroatoms. The van der Waals surface area contributed by atoms with E-state index in [1.54, 1.807) is 11.3 Å². The molecule has 2 heterocycles. The third kappa shape index (κ3) is 5.89. The highest BCUT2D eigenvalue weighted by atomic mass is 32.1. The van der Waals surface area contributed by atoms with E-state index >= 15 is 0 Å². The zero-order valence-electron chi connectivity index (χ0n) is 27.3. The summed E-state index contributed by atoms with van der Waals surface area (Å²) in [6, 6.07) is 54.4. The number of hydrogen-bond donors (Lipinski definition) is 0. The maximum atomic E-state index is 5.33. The third-order valence-corrected chi connectivity index (χ3v) is 10.5. The lowest BCUT2D eigenvalue weighted by atomic mass is 9.94. The first-order valence-corrected chi connectivity index (χ1v) is 17.7. The third-order valence-electron chi connectivity index (χ3n) is 9.46. The van der Waals surface area contributed by atoms with Crippen molar-refractivity contribution in [1.29, 1.82) is 0 Å². The van der Waals surface area contributed by atoms with E-state index in [9.17, 15) is 0 Å². The molecule has 50 heavy (non-hydrogen) atoms. The van der Waals surface area contributed by atoms with Crippen molar-refractivity contribution in [3.8, 4) is 55.1 Å². The van der Waals surface area contributed by atoms with Crippen molar-refractivity contribution in [2.75, 3.05) is 0 Å². The van der Waals surface area contributed by atoms with Crippen molar-refractivity contribution in [3.63, 3.8) is 0 Å². The first-order chi connectivity index (χ1) is 24.7. The van der Waals surface area contributed by atoms with Gasteiger partial charge in [0.1, 0.15) is 5.01 Å². The molecule has 0 aliphatic heterocycles. The molecule has 0 saturated carbocycles. The smallest absolute Gasteiger partial charge is 0.124 e. The Hall–Kier alpha value is -6.16. The van der Waals surface area contributed by atoms with Gasteiger partial charge >= 0.3 is 0 Å². The van der Waals surface area contributed by atoms with Crippen LogP contribution in [-0.2, 0) is 0 Å². The van der Waals surface area contributed by atoms with Crippen molar-refractivity contribution in [1.82, 2.24) is 9.97 Å². The molecule has 1 atom stereocenters. The number of fused-ring (bicyclic) bond motifs is 2. The van der Waals surface area contributed by atoms with Crippen LogP contribution in [0, 0.1) is 0 Å². The normalized spacial score (nSPS) is 13.6. The summed E-state index contributed by atoms with van der Waals surface area (Å²) < 4.78 is 1.17. The summed E-state index contributed by atoms with van der Waals surface area (Å²) in [5.74, 6) is 0.215. The minimum Gasteiger partial charge on any atom is -0.264 e. The summed E-state index contributed by atoms with van der Waals surface area (Å²) >= 11 is 1.76. The predicted octanol–water partition coefficient (Wildman–Crippen LogP) is 10.9. The molecule has 6 aromatic carbocycles. The lowest BCUT2D eigenvalue weighted by molar-refractivity contribution is 1.14. The molecule has 8 aromatic rings. The fourth-order valence-electron chi connectivity index (χ4n) is 6.85. The molecule has 2 nitrogen and oxygen atoms in total. The molecule has 0 spiro atoms. The molecule has 1 aliphatic rings. The average molecular weight is 657 g/mol. The van der Waals surface area contributed by atoms with Gasteiger partial charge in [-0.3, -0.25) is 4.98 Å². The highest BCUT2D eigenvalue weighted by Crippen LogP contribution is 2.41. The number of benzene rings is 6. The lowest BCUT2D eigenvalue weighted by Gasteiger charge is -2.11. The van der Waals surface area contributed by atoms with E-state index < -0.39 is 0 Å². The van der Waals surface area contributed by atoms with E-state index in [1.807, 2.05) is 18.5 Å². The Bertz CT molecular complexity index is 2640. The van der Waals surface area contributed by atoms with E-state index in [1.165, 1.54) is 43.0 Å². The van der Waals surface area contributed by atoms with Crippen molar-refractivity contribution in [2.24, 2.45) is 0 Å². The predicted molar refractivity (Wildman–Crippen MR) is 211 cm³/mol. The molecular weight excluding hydrogens is 625 g/mol. The first-order valence-electron chi connectivity index (χ1n) is 16.9. The zero-order chi connectivity index (χ0) is 33.3. The van der Waals surface area contributed by atoms with Crippen LogP contribution in [-0.4, -0.2) is 9.97 Å². The lowest BCUT2D eigenvalue weighted by Crippen LogP contribution is -2.23. The van der Waals surface area contributed by atoms with Gasteiger partial charge in [-0.15, -0.1) is 11.3 Å². The van der Waals surface area contributed by atoms with Gasteiger partial charge in [0, 0.05) is 35.0 Å². The molecule has 0 bridgehead atoms. The van der Waals surface area contributed by atoms with Crippen molar-refractivity contribution < 1.29 is 0 Å². The monoisotopic (exact) mass is 656 g/mol. The molecule has 0 fully saturated rings. The largest absolute Gasteiger partial charge is 0.264 e. The average Bonchev–Trinajstić information content (AvgIpc) is 3.51. The van der Waals surface area contributed by atoms with Crippen LogP contribution in [0.5, 0.6) is 0 Å². The summed E-state index contributed by atoms with van der Waals surface area (Å²) in [6.45, 7) is 0. The molecule has 1 aliphatic carbocycles. The van der Waals surface area contributed by atoms with Crippen molar-refractivity contribution >= 4 is 33.7 Å². The highest BCUT2D eigenvalue weighted by molar-refractivity contribution is 7.21. The minimum atomic E-state index is 0.215. The standard InChI is InChI=1S/C47H32N2S/c1-2-10-32(11-3-1)37-16-7-18-40(27-37)43-29-44(41-19-8-17-39(28-41)42-20-9-25-48-31-42)46-45(30-43)50-47(49-46)35-23-21-34(22-24-35)38-15-6-14-33-12-4-5-13-36(33)26-38/h1-31,38H. The Balaban J connectivity index is 1.15. The summed E-state index contributed by atoms with van der Waals surface area (Å²) in [5.41, 5.74) is 12.7. The number of pyridine rings is 1. The van der Waals surface area contributed by atoms with Crippen LogP contribution in [0.25, 0.3) is 77.4 Å². The molecule has 1 unspecified atom stereocenters. The van der Waals surface area contributed by atoms with Gasteiger partial charge in [-0.2, -0.15) is 0 Å². The number of thiazole rings is 1. The Morgan fingerprint density at radius 2 is 1.18 bits per heavy atom. The Morgan fingerprint density at radius 3 is 1.98 bits per heavy atom. The molecule has 0 amide bonds. The Kier molecular flexibility index (Phi) is 7.81. The topological polar surface area (TPSA) is 25.8 Å². The Morgan fingerprint density at radius 1 is 0.500 bits per heavy atom. The van der Waals surface area contributed by atoms with Crippen LogP contribution in [0.2, 0.25) is 0 Å². The van der Waals surface area contributed by atoms with Gasteiger partial charge in [0.25, 0.3) is 0 Å². The Labute approximate surface area is 295 Å². The first kappa shape index (κ1) is 29.9. The fourth-order valence-corrected chi connectivity index (χ4v) is 7.88. The minimum absolute atomic E-state index is 0.215. The van der Waals surface area contributed by atoms with Crippen molar-refractivity contribution in [2.45, 2.75) is 5.92 Å². The fraction of sp³-hybridized carbons (Fsp3) is 0.0213. The number of nitrogens with zero attached hydrogens (tertiary/aromatic N) is 2. The SMILES string of the molecule is C1=CC(c2ccc(-c3nc4c(-c5cccc(-c6cccnc6)c5)cc(-c5cccc(-c6ccccc6)c5)cc4s3)cc2)C=c2ccccc2=C1. The molecular formula is C47H32N2S. The van der Waals surface area contributed by atoms with Crippen molar-refractivity contribution in [3.05, 3.63) is 192 Å².